The van der Waals surface area contributed by atoms with Crippen molar-refractivity contribution in [1.82, 2.24) is 15.1 Å². The Morgan fingerprint density at radius 1 is 1.38 bits per heavy atom. The number of morpholine rings is 1. The number of nitrogens with zero attached hydrogens (tertiary/aromatic N) is 2. The van der Waals surface area contributed by atoms with Crippen LogP contribution in [0.2, 0.25) is 0 Å². The molecule has 16 heavy (non-hydrogen) atoms. The summed E-state index contributed by atoms with van der Waals surface area (Å²) in [6, 6.07) is 0.616. The highest BCUT2D eigenvalue weighted by atomic mass is 16.5. The molecule has 2 rings (SSSR count). The minimum absolute atomic E-state index is 0.0817. The van der Waals surface area contributed by atoms with Crippen molar-refractivity contribution in [3.8, 4) is 0 Å². The van der Waals surface area contributed by atoms with E-state index in [-0.39, 0.29) is 6.03 Å². The summed E-state index contributed by atoms with van der Waals surface area (Å²) in [5.41, 5.74) is 0. The topological polar surface area (TPSA) is 44.8 Å². The van der Waals surface area contributed by atoms with Crippen LogP contribution in [-0.4, -0.2) is 67.8 Å². The van der Waals surface area contributed by atoms with E-state index in [4.69, 9.17) is 4.74 Å². The van der Waals surface area contributed by atoms with E-state index >= 15 is 0 Å². The van der Waals surface area contributed by atoms with Crippen molar-refractivity contribution in [2.75, 3.05) is 45.9 Å². The van der Waals surface area contributed by atoms with Gasteiger partial charge in [0.05, 0.1) is 13.2 Å². The third kappa shape index (κ3) is 2.65. The minimum atomic E-state index is 0.0817. The molecule has 5 nitrogen and oxygen atoms in total. The maximum atomic E-state index is 11.6. The molecule has 0 aromatic carbocycles. The lowest BCUT2D eigenvalue weighted by atomic mass is 10.2. The molecule has 0 aliphatic carbocycles. The monoisotopic (exact) mass is 227 g/mol. The largest absolute Gasteiger partial charge is 0.379 e. The number of hydrogen-bond acceptors (Lipinski definition) is 3. The van der Waals surface area contributed by atoms with Gasteiger partial charge in [0.2, 0.25) is 0 Å². The minimum Gasteiger partial charge on any atom is -0.379 e. The number of urea groups is 1. The van der Waals surface area contributed by atoms with Gasteiger partial charge in [0.1, 0.15) is 0 Å². The molecule has 5 heteroatoms. The van der Waals surface area contributed by atoms with Gasteiger partial charge in [-0.2, -0.15) is 0 Å². The summed E-state index contributed by atoms with van der Waals surface area (Å²) in [6.07, 6.45) is 1.09. The van der Waals surface area contributed by atoms with Gasteiger partial charge in [0.25, 0.3) is 0 Å². The highest BCUT2D eigenvalue weighted by molar-refractivity contribution is 5.74. The van der Waals surface area contributed by atoms with Crippen LogP contribution in [0.5, 0.6) is 0 Å². The first-order valence-electron chi connectivity index (χ1n) is 6.16. The maximum absolute atomic E-state index is 11.6. The number of carbonyl (C=O) groups is 1. The van der Waals surface area contributed by atoms with Gasteiger partial charge in [-0.3, -0.25) is 4.90 Å². The molecule has 2 amide bonds. The smallest absolute Gasteiger partial charge is 0.317 e. The SMILES string of the molecule is CCNC(=O)N1CCC(N2CCOCC2)C1. The van der Waals surface area contributed by atoms with E-state index in [1.807, 2.05) is 11.8 Å². The van der Waals surface area contributed by atoms with Crippen molar-refractivity contribution < 1.29 is 9.53 Å². The molecule has 92 valence electrons. The summed E-state index contributed by atoms with van der Waals surface area (Å²) in [5.74, 6) is 0. The molecule has 2 aliphatic heterocycles. The number of amides is 2. The number of carbonyl (C=O) groups excluding carboxylic acids is 1. The summed E-state index contributed by atoms with van der Waals surface area (Å²) in [4.78, 5) is 16.0. The lowest BCUT2D eigenvalue weighted by molar-refractivity contribution is 0.0191. The van der Waals surface area contributed by atoms with Gasteiger partial charge in [-0.05, 0) is 13.3 Å². The lowest BCUT2D eigenvalue weighted by Crippen LogP contribution is -2.46. The number of likely N-dealkylation sites (tertiary alicyclic amines) is 1. The predicted molar refractivity (Wildman–Crippen MR) is 61.4 cm³/mol. The van der Waals surface area contributed by atoms with Crippen molar-refractivity contribution in [3.05, 3.63) is 0 Å². The Bertz CT molecular complexity index is 241. The van der Waals surface area contributed by atoms with Crippen LogP contribution in [0, 0.1) is 0 Å². The third-order valence-corrected chi connectivity index (χ3v) is 3.34. The molecule has 0 radical (unpaired) electrons. The van der Waals surface area contributed by atoms with Gasteiger partial charge >= 0.3 is 6.03 Å². The van der Waals surface area contributed by atoms with Crippen LogP contribution >= 0.6 is 0 Å². The second kappa shape index (κ2) is 5.50. The van der Waals surface area contributed by atoms with E-state index in [1.165, 1.54) is 0 Å². The molecule has 1 unspecified atom stereocenters. The van der Waals surface area contributed by atoms with Crippen LogP contribution < -0.4 is 5.32 Å². The Morgan fingerprint density at radius 3 is 2.81 bits per heavy atom. The van der Waals surface area contributed by atoms with Gasteiger partial charge in [-0.1, -0.05) is 0 Å². The Kier molecular flexibility index (Phi) is 4.01. The van der Waals surface area contributed by atoms with Crippen molar-refractivity contribution in [2.24, 2.45) is 0 Å². The Balaban J connectivity index is 1.80. The summed E-state index contributed by atoms with van der Waals surface area (Å²) >= 11 is 0. The predicted octanol–water partition coefficient (Wildman–Crippen LogP) is 0.122. The average Bonchev–Trinajstić information content (AvgIpc) is 2.80. The fraction of sp³-hybridized carbons (Fsp3) is 0.909. The van der Waals surface area contributed by atoms with E-state index in [9.17, 15) is 4.79 Å². The summed E-state index contributed by atoms with van der Waals surface area (Å²) in [5, 5.41) is 2.85. The molecule has 0 aromatic heterocycles. The van der Waals surface area contributed by atoms with E-state index in [2.05, 4.69) is 10.2 Å². The normalized spacial score (nSPS) is 27.1. The van der Waals surface area contributed by atoms with Crippen molar-refractivity contribution >= 4 is 6.03 Å². The molecule has 2 heterocycles. The molecule has 2 aliphatic rings. The zero-order chi connectivity index (χ0) is 11.4. The van der Waals surface area contributed by atoms with Crippen LogP contribution in [0.3, 0.4) is 0 Å². The van der Waals surface area contributed by atoms with E-state index in [0.717, 1.165) is 45.8 Å². The van der Waals surface area contributed by atoms with E-state index in [1.54, 1.807) is 0 Å². The number of ether oxygens (including phenoxy) is 1. The van der Waals surface area contributed by atoms with Crippen molar-refractivity contribution in [3.63, 3.8) is 0 Å². The Morgan fingerprint density at radius 2 is 2.12 bits per heavy atom. The fourth-order valence-electron chi connectivity index (χ4n) is 2.43. The standard InChI is InChI=1S/C11H21N3O2/c1-2-12-11(15)14-4-3-10(9-14)13-5-7-16-8-6-13/h10H,2-9H2,1H3,(H,12,15). The third-order valence-electron chi connectivity index (χ3n) is 3.34. The van der Waals surface area contributed by atoms with Crippen LogP contribution in [-0.2, 0) is 4.74 Å². The maximum Gasteiger partial charge on any atom is 0.317 e. The summed E-state index contributed by atoms with van der Waals surface area (Å²) < 4.78 is 5.34. The fourth-order valence-corrected chi connectivity index (χ4v) is 2.43. The highest BCUT2D eigenvalue weighted by Gasteiger charge is 2.30. The quantitative estimate of drug-likeness (QED) is 0.729. The van der Waals surface area contributed by atoms with Crippen LogP contribution in [0.4, 0.5) is 4.79 Å². The average molecular weight is 227 g/mol. The Labute approximate surface area is 96.7 Å². The molecule has 1 atom stereocenters. The first-order chi connectivity index (χ1) is 7.81. The first kappa shape index (κ1) is 11.7. The van der Waals surface area contributed by atoms with Gasteiger partial charge < -0.3 is 15.0 Å². The molecule has 1 N–H and O–H groups in total. The van der Waals surface area contributed by atoms with Crippen LogP contribution in [0.25, 0.3) is 0 Å². The Hall–Kier alpha value is -0.810. The molecule has 0 saturated carbocycles. The van der Waals surface area contributed by atoms with Crippen LogP contribution in [0.15, 0.2) is 0 Å². The molecule has 2 fully saturated rings. The lowest BCUT2D eigenvalue weighted by Gasteiger charge is -2.32. The van der Waals surface area contributed by atoms with Crippen molar-refractivity contribution in [2.45, 2.75) is 19.4 Å². The molecular formula is C11H21N3O2. The molecule has 0 bridgehead atoms. The van der Waals surface area contributed by atoms with E-state index < -0.39 is 0 Å². The molecule has 2 saturated heterocycles. The molecular weight excluding hydrogens is 206 g/mol. The zero-order valence-corrected chi connectivity index (χ0v) is 9.95. The number of hydrogen-bond donors (Lipinski definition) is 1. The van der Waals surface area contributed by atoms with E-state index in [0.29, 0.717) is 12.6 Å². The molecule has 0 aromatic rings. The summed E-state index contributed by atoms with van der Waals surface area (Å²) in [7, 11) is 0. The molecule has 0 spiro atoms. The zero-order valence-electron chi connectivity index (χ0n) is 9.95. The summed E-state index contributed by atoms with van der Waals surface area (Å²) in [6.45, 7) is 8.09. The van der Waals surface area contributed by atoms with Gasteiger partial charge in [-0.15, -0.1) is 0 Å². The second-order valence-electron chi connectivity index (χ2n) is 4.37. The van der Waals surface area contributed by atoms with Gasteiger partial charge in [0.15, 0.2) is 0 Å². The van der Waals surface area contributed by atoms with Crippen LogP contribution in [0.1, 0.15) is 13.3 Å². The highest BCUT2D eigenvalue weighted by Crippen LogP contribution is 2.16. The van der Waals surface area contributed by atoms with Gasteiger partial charge in [-0.25, -0.2) is 4.79 Å². The first-order valence-corrected chi connectivity index (χ1v) is 6.16. The van der Waals surface area contributed by atoms with Crippen molar-refractivity contribution in [1.29, 1.82) is 0 Å². The second-order valence-corrected chi connectivity index (χ2v) is 4.37. The number of rotatable bonds is 2. The number of nitrogens with one attached hydrogen (secondary N) is 1. The van der Waals surface area contributed by atoms with Gasteiger partial charge in [0, 0.05) is 38.8 Å².